The van der Waals surface area contributed by atoms with E-state index in [2.05, 4.69) is 24.4 Å². The van der Waals surface area contributed by atoms with E-state index < -0.39 is 0 Å². The molecule has 1 N–H and O–H groups in total. The maximum Gasteiger partial charge on any atom is 0.255 e. The number of hydrogen-bond acceptors (Lipinski definition) is 2. The van der Waals surface area contributed by atoms with Gasteiger partial charge in [-0.05, 0) is 49.6 Å². The highest BCUT2D eigenvalue weighted by Crippen LogP contribution is 2.22. The Morgan fingerprint density at radius 3 is 2.14 bits per heavy atom. The molecule has 0 aliphatic heterocycles. The quantitative estimate of drug-likeness (QED) is 0.920. The zero-order chi connectivity index (χ0) is 15.4. The average molecular weight is 283 g/mol. The number of ether oxygens (including phenoxy) is 1. The molecule has 0 saturated heterocycles. The molecule has 0 bridgehead atoms. The first-order valence-corrected chi connectivity index (χ1v) is 6.98. The number of aryl methyl sites for hydroxylation is 3. The first kappa shape index (κ1) is 15.3. The Morgan fingerprint density at radius 2 is 1.62 bits per heavy atom. The summed E-state index contributed by atoms with van der Waals surface area (Å²) in [6, 6.07) is 11.6. The maximum atomic E-state index is 12.3. The summed E-state index contributed by atoms with van der Waals surface area (Å²) in [6.07, 6.45) is 0. The van der Waals surface area contributed by atoms with E-state index in [0.717, 1.165) is 22.4 Å². The number of rotatable bonds is 4. The van der Waals surface area contributed by atoms with Crippen LogP contribution < -0.4 is 5.32 Å². The lowest BCUT2D eigenvalue weighted by atomic mass is 10.0. The predicted octanol–water partition coefficient (Wildman–Crippen LogP) is 4.01. The van der Waals surface area contributed by atoms with E-state index in [0.29, 0.717) is 12.2 Å². The van der Waals surface area contributed by atoms with Gasteiger partial charge < -0.3 is 10.1 Å². The van der Waals surface area contributed by atoms with E-state index in [1.807, 2.05) is 38.1 Å². The van der Waals surface area contributed by atoms with Crippen LogP contribution in [0.25, 0.3) is 0 Å². The minimum atomic E-state index is -0.0889. The smallest absolute Gasteiger partial charge is 0.255 e. The fourth-order valence-electron chi connectivity index (χ4n) is 2.48. The van der Waals surface area contributed by atoms with Gasteiger partial charge in [-0.1, -0.05) is 29.8 Å². The van der Waals surface area contributed by atoms with Crippen LogP contribution in [0.3, 0.4) is 0 Å². The largest absolute Gasteiger partial charge is 0.380 e. The van der Waals surface area contributed by atoms with Crippen LogP contribution in [0.1, 0.15) is 32.6 Å². The molecule has 110 valence electrons. The van der Waals surface area contributed by atoms with Crippen LogP contribution in [0, 0.1) is 20.8 Å². The number of anilines is 1. The van der Waals surface area contributed by atoms with Crippen LogP contribution in [0.5, 0.6) is 0 Å². The van der Waals surface area contributed by atoms with Crippen LogP contribution >= 0.6 is 0 Å². The van der Waals surface area contributed by atoms with Gasteiger partial charge in [0.2, 0.25) is 0 Å². The molecule has 0 aliphatic carbocycles. The van der Waals surface area contributed by atoms with Crippen molar-refractivity contribution in [1.29, 1.82) is 0 Å². The van der Waals surface area contributed by atoms with Crippen LogP contribution in [0.4, 0.5) is 5.69 Å². The molecule has 0 aromatic heterocycles. The zero-order valence-corrected chi connectivity index (χ0v) is 13.0. The topological polar surface area (TPSA) is 38.3 Å². The molecule has 2 rings (SSSR count). The molecule has 3 heteroatoms. The molecular formula is C18H21NO2. The second-order valence-electron chi connectivity index (χ2n) is 5.36. The van der Waals surface area contributed by atoms with E-state index in [4.69, 9.17) is 4.74 Å². The van der Waals surface area contributed by atoms with E-state index in [-0.39, 0.29) is 5.91 Å². The predicted molar refractivity (Wildman–Crippen MR) is 85.8 cm³/mol. The number of hydrogen-bond donors (Lipinski definition) is 1. The van der Waals surface area contributed by atoms with Gasteiger partial charge in [0.25, 0.3) is 5.91 Å². The fraction of sp³-hybridized carbons (Fsp3) is 0.278. The monoisotopic (exact) mass is 283 g/mol. The highest BCUT2D eigenvalue weighted by molar-refractivity contribution is 6.05. The molecule has 0 radical (unpaired) electrons. The number of methoxy groups -OCH3 is 1. The summed E-state index contributed by atoms with van der Waals surface area (Å²) in [4.78, 5) is 12.3. The van der Waals surface area contributed by atoms with E-state index in [9.17, 15) is 4.79 Å². The maximum absolute atomic E-state index is 12.3. The Kier molecular flexibility index (Phi) is 4.76. The summed E-state index contributed by atoms with van der Waals surface area (Å²) < 4.78 is 5.07. The van der Waals surface area contributed by atoms with Crippen molar-refractivity contribution in [2.24, 2.45) is 0 Å². The van der Waals surface area contributed by atoms with Gasteiger partial charge in [-0.15, -0.1) is 0 Å². The third-order valence-electron chi connectivity index (χ3n) is 3.44. The Labute approximate surface area is 126 Å². The van der Waals surface area contributed by atoms with E-state index in [1.165, 1.54) is 5.56 Å². The Bertz CT molecular complexity index is 622. The van der Waals surface area contributed by atoms with Crippen molar-refractivity contribution in [3.05, 3.63) is 64.2 Å². The Hall–Kier alpha value is -2.13. The SMILES string of the molecule is COCc1ccc(C(=O)Nc2c(C)cc(C)cc2C)cc1. The van der Waals surface area contributed by atoms with Gasteiger partial charge in [-0.2, -0.15) is 0 Å². The second kappa shape index (κ2) is 6.55. The van der Waals surface area contributed by atoms with Gasteiger partial charge >= 0.3 is 0 Å². The molecular weight excluding hydrogens is 262 g/mol. The van der Waals surface area contributed by atoms with Gasteiger partial charge in [0.15, 0.2) is 0 Å². The third-order valence-corrected chi connectivity index (χ3v) is 3.44. The fourth-order valence-corrected chi connectivity index (χ4v) is 2.48. The summed E-state index contributed by atoms with van der Waals surface area (Å²) in [7, 11) is 1.66. The summed E-state index contributed by atoms with van der Waals surface area (Å²) in [5.74, 6) is -0.0889. The molecule has 21 heavy (non-hydrogen) atoms. The third kappa shape index (κ3) is 3.70. The van der Waals surface area contributed by atoms with Gasteiger partial charge in [-0.25, -0.2) is 0 Å². The molecule has 0 spiro atoms. The minimum absolute atomic E-state index is 0.0889. The first-order valence-electron chi connectivity index (χ1n) is 6.98. The van der Waals surface area contributed by atoms with Crippen molar-refractivity contribution in [3.63, 3.8) is 0 Å². The van der Waals surface area contributed by atoms with Gasteiger partial charge in [-0.3, -0.25) is 4.79 Å². The molecule has 0 saturated carbocycles. The number of benzene rings is 2. The second-order valence-corrected chi connectivity index (χ2v) is 5.36. The van der Waals surface area contributed by atoms with E-state index in [1.54, 1.807) is 7.11 Å². The van der Waals surface area contributed by atoms with Crippen molar-refractivity contribution in [1.82, 2.24) is 0 Å². The normalized spacial score (nSPS) is 10.5. The van der Waals surface area contributed by atoms with Crippen molar-refractivity contribution >= 4 is 11.6 Å². The Morgan fingerprint density at radius 1 is 1.05 bits per heavy atom. The molecule has 0 heterocycles. The number of amides is 1. The molecule has 0 unspecified atom stereocenters. The lowest BCUT2D eigenvalue weighted by Gasteiger charge is -2.13. The molecule has 0 aliphatic rings. The lowest BCUT2D eigenvalue weighted by molar-refractivity contribution is 0.102. The van der Waals surface area contributed by atoms with Crippen molar-refractivity contribution < 1.29 is 9.53 Å². The van der Waals surface area contributed by atoms with Crippen LogP contribution in [0.2, 0.25) is 0 Å². The first-order chi connectivity index (χ1) is 10.0. The highest BCUT2D eigenvalue weighted by Gasteiger charge is 2.10. The van der Waals surface area contributed by atoms with Crippen LogP contribution in [0.15, 0.2) is 36.4 Å². The van der Waals surface area contributed by atoms with Crippen LogP contribution in [-0.2, 0) is 11.3 Å². The summed E-state index contributed by atoms with van der Waals surface area (Å²) in [5, 5.41) is 3.00. The number of nitrogens with one attached hydrogen (secondary N) is 1. The zero-order valence-electron chi connectivity index (χ0n) is 13.0. The molecule has 3 nitrogen and oxygen atoms in total. The molecule has 2 aromatic rings. The van der Waals surface area contributed by atoms with Gasteiger partial charge in [0, 0.05) is 18.4 Å². The number of carbonyl (C=O) groups is 1. The van der Waals surface area contributed by atoms with Crippen molar-refractivity contribution in [3.8, 4) is 0 Å². The molecule has 1 amide bonds. The standard InChI is InChI=1S/C18H21NO2/c1-12-9-13(2)17(14(3)10-12)19-18(20)16-7-5-15(6-8-16)11-21-4/h5-10H,11H2,1-4H3,(H,19,20). The number of carbonyl (C=O) groups excluding carboxylic acids is 1. The highest BCUT2D eigenvalue weighted by atomic mass is 16.5. The molecule has 2 aromatic carbocycles. The van der Waals surface area contributed by atoms with E-state index >= 15 is 0 Å². The Balaban J connectivity index is 2.18. The van der Waals surface area contributed by atoms with Crippen molar-refractivity contribution in [2.75, 3.05) is 12.4 Å². The lowest BCUT2D eigenvalue weighted by Crippen LogP contribution is -2.14. The van der Waals surface area contributed by atoms with Gasteiger partial charge in [0.1, 0.15) is 0 Å². The average Bonchev–Trinajstić information content (AvgIpc) is 2.43. The molecule has 0 atom stereocenters. The summed E-state index contributed by atoms with van der Waals surface area (Å²) >= 11 is 0. The van der Waals surface area contributed by atoms with Gasteiger partial charge in [0.05, 0.1) is 6.61 Å². The summed E-state index contributed by atoms with van der Waals surface area (Å²) in [5.41, 5.74) is 5.96. The summed E-state index contributed by atoms with van der Waals surface area (Å²) in [6.45, 7) is 6.63. The molecule has 0 fully saturated rings. The van der Waals surface area contributed by atoms with Crippen LogP contribution in [-0.4, -0.2) is 13.0 Å². The minimum Gasteiger partial charge on any atom is -0.380 e. The van der Waals surface area contributed by atoms with Crippen molar-refractivity contribution in [2.45, 2.75) is 27.4 Å².